The van der Waals surface area contributed by atoms with Crippen LogP contribution in [0.5, 0.6) is 0 Å². The molecule has 0 fully saturated rings. The highest BCUT2D eigenvalue weighted by Crippen LogP contribution is 2.38. The highest BCUT2D eigenvalue weighted by Gasteiger charge is 2.36. The van der Waals surface area contributed by atoms with Crippen LogP contribution >= 0.6 is 0 Å². The van der Waals surface area contributed by atoms with E-state index in [-0.39, 0.29) is 5.41 Å². The summed E-state index contributed by atoms with van der Waals surface area (Å²) >= 11 is 0. The molecule has 0 saturated carbocycles. The van der Waals surface area contributed by atoms with Crippen molar-refractivity contribution < 1.29 is 9.47 Å². The number of methoxy groups -OCH3 is 2. The van der Waals surface area contributed by atoms with Crippen LogP contribution < -0.4 is 0 Å². The SMILES string of the molecule is COCC(CCC(C)CCCC(C)C)(COC)C(C)CCCC(C)C. The topological polar surface area (TPSA) is 18.5 Å². The summed E-state index contributed by atoms with van der Waals surface area (Å²) in [6.07, 6.45) is 10.5. The Morgan fingerprint density at radius 3 is 1.56 bits per heavy atom. The second-order valence-electron chi connectivity index (χ2n) is 9.42. The third-order valence-corrected chi connectivity index (χ3v) is 5.94. The van der Waals surface area contributed by atoms with Gasteiger partial charge in [0.25, 0.3) is 0 Å². The Bertz CT molecular complexity index is 292. The summed E-state index contributed by atoms with van der Waals surface area (Å²) in [6, 6.07) is 0. The fourth-order valence-corrected chi connectivity index (χ4v) is 3.98. The first-order valence-electron chi connectivity index (χ1n) is 10.7. The third-order valence-electron chi connectivity index (χ3n) is 5.94. The molecular formula is C23H48O2. The molecule has 0 bridgehead atoms. The van der Waals surface area contributed by atoms with Crippen molar-refractivity contribution in [2.24, 2.45) is 29.1 Å². The first-order chi connectivity index (χ1) is 11.8. The lowest BCUT2D eigenvalue weighted by Crippen LogP contribution is -2.38. The van der Waals surface area contributed by atoms with Crippen LogP contribution in [0, 0.1) is 29.1 Å². The summed E-state index contributed by atoms with van der Waals surface area (Å²) < 4.78 is 11.3. The zero-order chi connectivity index (χ0) is 19.3. The van der Waals surface area contributed by atoms with Gasteiger partial charge in [-0.1, -0.05) is 80.1 Å². The quantitative estimate of drug-likeness (QED) is 0.297. The maximum absolute atomic E-state index is 5.67. The smallest absolute Gasteiger partial charge is 0.0543 e. The molecule has 2 atom stereocenters. The summed E-state index contributed by atoms with van der Waals surface area (Å²) in [5.74, 6) is 3.07. The number of rotatable bonds is 16. The predicted molar refractivity (Wildman–Crippen MR) is 111 cm³/mol. The van der Waals surface area contributed by atoms with E-state index in [9.17, 15) is 0 Å². The maximum Gasteiger partial charge on any atom is 0.0543 e. The fraction of sp³-hybridized carbons (Fsp3) is 1.00. The highest BCUT2D eigenvalue weighted by atomic mass is 16.5. The Morgan fingerprint density at radius 1 is 0.640 bits per heavy atom. The van der Waals surface area contributed by atoms with Gasteiger partial charge < -0.3 is 9.47 Å². The minimum atomic E-state index is 0.173. The standard InChI is InChI=1S/C23H48O2/c1-19(2)11-9-13-21(5)15-16-23(17-24-7,18-25-8)22(6)14-10-12-20(3)4/h19-22H,9-18H2,1-8H3. The maximum atomic E-state index is 5.67. The molecule has 0 radical (unpaired) electrons. The van der Waals surface area contributed by atoms with Crippen LogP contribution in [0.15, 0.2) is 0 Å². The highest BCUT2D eigenvalue weighted by molar-refractivity contribution is 4.85. The van der Waals surface area contributed by atoms with Gasteiger partial charge in [-0.25, -0.2) is 0 Å². The van der Waals surface area contributed by atoms with Crippen LogP contribution in [0.3, 0.4) is 0 Å². The number of ether oxygens (including phenoxy) is 2. The first-order valence-corrected chi connectivity index (χ1v) is 10.7. The van der Waals surface area contributed by atoms with Crippen molar-refractivity contribution in [3.63, 3.8) is 0 Å². The van der Waals surface area contributed by atoms with Gasteiger partial charge in [-0.15, -0.1) is 0 Å². The van der Waals surface area contributed by atoms with Gasteiger partial charge >= 0.3 is 0 Å². The van der Waals surface area contributed by atoms with E-state index >= 15 is 0 Å². The van der Waals surface area contributed by atoms with Crippen molar-refractivity contribution >= 4 is 0 Å². The molecule has 0 aliphatic heterocycles. The average Bonchev–Trinajstić information content (AvgIpc) is 2.52. The van der Waals surface area contributed by atoms with E-state index in [1.807, 2.05) is 14.2 Å². The summed E-state index contributed by atoms with van der Waals surface area (Å²) in [4.78, 5) is 0. The molecule has 0 aromatic rings. The Morgan fingerprint density at radius 2 is 1.12 bits per heavy atom. The molecule has 0 aromatic heterocycles. The Hall–Kier alpha value is -0.0800. The molecule has 2 nitrogen and oxygen atoms in total. The predicted octanol–water partition coefficient (Wildman–Crippen LogP) is 6.97. The van der Waals surface area contributed by atoms with Crippen molar-refractivity contribution in [1.82, 2.24) is 0 Å². The molecule has 0 rings (SSSR count). The van der Waals surface area contributed by atoms with Gasteiger partial charge in [-0.2, -0.15) is 0 Å². The van der Waals surface area contributed by atoms with E-state index in [2.05, 4.69) is 41.5 Å². The first kappa shape index (κ1) is 24.9. The van der Waals surface area contributed by atoms with Crippen LogP contribution in [0.4, 0.5) is 0 Å². The van der Waals surface area contributed by atoms with Crippen molar-refractivity contribution in [3.8, 4) is 0 Å². The Kier molecular flexibility index (Phi) is 14.0. The molecule has 0 aromatic carbocycles. The molecular weight excluding hydrogens is 308 g/mol. The van der Waals surface area contributed by atoms with E-state index in [1.54, 1.807) is 0 Å². The van der Waals surface area contributed by atoms with Gasteiger partial charge in [0.2, 0.25) is 0 Å². The number of hydrogen-bond donors (Lipinski definition) is 0. The lowest BCUT2D eigenvalue weighted by Gasteiger charge is -2.39. The molecule has 152 valence electrons. The molecule has 2 unspecified atom stereocenters. The molecule has 0 N–H and O–H groups in total. The van der Waals surface area contributed by atoms with E-state index in [4.69, 9.17) is 9.47 Å². The van der Waals surface area contributed by atoms with E-state index < -0.39 is 0 Å². The van der Waals surface area contributed by atoms with Gasteiger partial charge in [0.05, 0.1) is 13.2 Å². The molecule has 0 aliphatic rings. The van der Waals surface area contributed by atoms with Gasteiger partial charge in [-0.05, 0) is 36.5 Å². The van der Waals surface area contributed by atoms with Crippen molar-refractivity contribution in [2.75, 3.05) is 27.4 Å². The van der Waals surface area contributed by atoms with Gasteiger partial charge in [-0.3, -0.25) is 0 Å². The van der Waals surface area contributed by atoms with Crippen LogP contribution in [0.2, 0.25) is 0 Å². The van der Waals surface area contributed by atoms with Crippen LogP contribution in [-0.2, 0) is 9.47 Å². The normalized spacial score (nSPS) is 15.1. The second kappa shape index (κ2) is 14.0. The molecule has 0 aliphatic carbocycles. The number of hydrogen-bond acceptors (Lipinski definition) is 2. The minimum Gasteiger partial charge on any atom is -0.384 e. The summed E-state index contributed by atoms with van der Waals surface area (Å²) in [7, 11) is 3.69. The molecule has 2 heteroatoms. The summed E-state index contributed by atoms with van der Waals surface area (Å²) in [6.45, 7) is 15.8. The Labute approximate surface area is 159 Å². The van der Waals surface area contributed by atoms with Crippen molar-refractivity contribution in [1.29, 1.82) is 0 Å². The lowest BCUT2D eigenvalue weighted by atomic mass is 9.70. The van der Waals surface area contributed by atoms with E-state index in [0.29, 0.717) is 5.92 Å². The molecule has 0 spiro atoms. The zero-order valence-electron chi connectivity index (χ0n) is 18.7. The van der Waals surface area contributed by atoms with Gasteiger partial charge in [0.1, 0.15) is 0 Å². The van der Waals surface area contributed by atoms with Gasteiger partial charge in [0.15, 0.2) is 0 Å². The second-order valence-corrected chi connectivity index (χ2v) is 9.42. The van der Waals surface area contributed by atoms with Crippen molar-refractivity contribution in [2.45, 2.75) is 92.9 Å². The van der Waals surface area contributed by atoms with Crippen LogP contribution in [0.25, 0.3) is 0 Å². The summed E-state index contributed by atoms with van der Waals surface area (Å²) in [5.41, 5.74) is 0.173. The van der Waals surface area contributed by atoms with Crippen LogP contribution in [-0.4, -0.2) is 27.4 Å². The van der Waals surface area contributed by atoms with Crippen molar-refractivity contribution in [3.05, 3.63) is 0 Å². The Balaban J connectivity index is 4.66. The fourth-order valence-electron chi connectivity index (χ4n) is 3.98. The van der Waals surface area contributed by atoms with Crippen LogP contribution in [0.1, 0.15) is 92.9 Å². The molecule has 0 saturated heterocycles. The van der Waals surface area contributed by atoms with E-state index in [1.165, 1.54) is 51.4 Å². The van der Waals surface area contributed by atoms with E-state index in [0.717, 1.165) is 31.0 Å². The molecule has 0 amide bonds. The minimum absolute atomic E-state index is 0.173. The van der Waals surface area contributed by atoms with Gasteiger partial charge in [0, 0.05) is 19.6 Å². The monoisotopic (exact) mass is 356 g/mol. The lowest BCUT2D eigenvalue weighted by molar-refractivity contribution is -0.0373. The zero-order valence-corrected chi connectivity index (χ0v) is 18.7. The molecule has 25 heavy (non-hydrogen) atoms. The third kappa shape index (κ3) is 11.3. The molecule has 0 heterocycles. The average molecular weight is 357 g/mol. The summed E-state index contributed by atoms with van der Waals surface area (Å²) in [5, 5.41) is 0. The largest absolute Gasteiger partial charge is 0.384 e.